The highest BCUT2D eigenvalue weighted by atomic mass is 31.2. The first kappa shape index (κ1) is 94.2. The molecule has 0 aromatic heterocycles. The number of likely N-dealkylation sites (N-methyl/N-ethyl adjacent to an activating group) is 1. The van der Waals surface area contributed by atoms with Crippen LogP contribution in [0.2, 0.25) is 0 Å². The summed E-state index contributed by atoms with van der Waals surface area (Å²) in [4.78, 5) is 38.2. The number of quaternary nitrogens is 1. The Hall–Kier alpha value is -1.77. The summed E-state index contributed by atoms with van der Waals surface area (Å²) < 4.78 is 34.5. The molecule has 96 heavy (non-hydrogen) atoms. The van der Waals surface area contributed by atoms with Crippen LogP contribution < -0.4 is 4.89 Å². The third kappa shape index (κ3) is 81.2. The summed E-state index contributed by atoms with van der Waals surface area (Å²) in [6, 6.07) is 0. The Morgan fingerprint density at radius 1 is 0.323 bits per heavy atom. The van der Waals surface area contributed by atoms with Gasteiger partial charge in [-0.25, -0.2) is 0 Å². The van der Waals surface area contributed by atoms with E-state index in [2.05, 4.69) is 50.3 Å². The van der Waals surface area contributed by atoms with Crippen molar-refractivity contribution in [2.24, 2.45) is 0 Å². The highest BCUT2D eigenvalue weighted by Crippen LogP contribution is 2.38. The first-order valence-corrected chi connectivity index (χ1v) is 44.2. The lowest BCUT2D eigenvalue weighted by Gasteiger charge is -2.28. The van der Waals surface area contributed by atoms with Gasteiger partial charge in [0.1, 0.15) is 19.8 Å². The monoisotopic (exact) mass is 1370 g/mol. The van der Waals surface area contributed by atoms with Crippen LogP contribution in [0.4, 0.5) is 0 Å². The van der Waals surface area contributed by atoms with E-state index in [1.807, 2.05) is 21.1 Å². The van der Waals surface area contributed by atoms with Gasteiger partial charge in [-0.2, -0.15) is 0 Å². The lowest BCUT2D eigenvalue weighted by atomic mass is 10.0. The van der Waals surface area contributed by atoms with Crippen molar-refractivity contribution in [2.75, 3.05) is 47.5 Å². The third-order valence-electron chi connectivity index (χ3n) is 19.6. The van der Waals surface area contributed by atoms with Gasteiger partial charge in [-0.1, -0.05) is 403 Å². The number of allylic oxidation sites excluding steroid dienone is 6. The Balaban J connectivity index is 3.85. The molecule has 0 aliphatic heterocycles. The number of esters is 2. The molecule has 0 N–H and O–H groups in total. The first-order chi connectivity index (χ1) is 47.0. The second-order valence-corrected chi connectivity index (χ2v) is 32.0. The maximum Gasteiger partial charge on any atom is 0.306 e. The van der Waals surface area contributed by atoms with Gasteiger partial charge >= 0.3 is 11.9 Å². The number of phosphoric acid groups is 1. The summed E-state index contributed by atoms with van der Waals surface area (Å²) in [6.45, 7) is 4.32. The average molecular weight is 1370 g/mol. The fourth-order valence-electron chi connectivity index (χ4n) is 13.1. The normalized spacial score (nSPS) is 13.1. The zero-order chi connectivity index (χ0) is 69.7. The molecule has 0 aromatic rings. The Morgan fingerprint density at radius 3 is 0.833 bits per heavy atom. The van der Waals surface area contributed by atoms with Crippen molar-refractivity contribution in [1.82, 2.24) is 0 Å². The standard InChI is InChI=1S/C86H166NO8P/c1-6-8-10-12-14-16-18-20-22-24-26-28-30-32-34-36-38-39-40-41-42-43-44-45-46-47-49-50-52-54-56-58-60-62-64-66-68-70-72-74-76-78-85(88)92-82-84(83-94-96(90,91)93-81-80-87(3,4)5)95-86(89)79-77-75-73-71-69-67-65-63-61-59-57-55-53-51-48-37-35-33-31-29-27-25-23-21-19-17-15-13-11-9-7-2/h19,21,24-27,84H,6-18,20,22-23,28-83H2,1-5H3/b21-19-,26-24-,27-25-. The predicted octanol–water partition coefficient (Wildman–Crippen LogP) is 27.9. The largest absolute Gasteiger partial charge is 0.756 e. The molecule has 0 saturated carbocycles. The molecule has 2 atom stereocenters. The Morgan fingerprint density at radius 2 is 0.562 bits per heavy atom. The molecule has 9 nitrogen and oxygen atoms in total. The van der Waals surface area contributed by atoms with E-state index in [9.17, 15) is 19.0 Å². The molecule has 0 radical (unpaired) electrons. The van der Waals surface area contributed by atoms with Crippen molar-refractivity contribution in [1.29, 1.82) is 0 Å². The summed E-state index contributed by atoms with van der Waals surface area (Å²) in [5.41, 5.74) is 0. The van der Waals surface area contributed by atoms with Crippen LogP contribution in [-0.2, 0) is 32.7 Å². The molecule has 0 rings (SSSR count). The van der Waals surface area contributed by atoms with E-state index in [-0.39, 0.29) is 32.0 Å². The van der Waals surface area contributed by atoms with Gasteiger partial charge in [-0.15, -0.1) is 0 Å². The molecule has 568 valence electrons. The Labute approximate surface area is 599 Å². The van der Waals surface area contributed by atoms with Crippen molar-refractivity contribution < 1.29 is 42.1 Å². The minimum absolute atomic E-state index is 0.0271. The summed E-state index contributed by atoms with van der Waals surface area (Å²) in [5.74, 6) is -0.806. The van der Waals surface area contributed by atoms with Crippen LogP contribution in [0, 0.1) is 0 Å². The molecule has 0 spiro atoms. The van der Waals surface area contributed by atoms with Crippen molar-refractivity contribution in [2.45, 2.75) is 457 Å². The topological polar surface area (TPSA) is 111 Å². The number of carbonyl (C=O) groups excluding carboxylic acids is 2. The SMILES string of the molecule is CCCCCCC/C=C\C/C=C\CCCCCCCCCCCCCCCCCCCCCC(=O)OC(COC(=O)CCCCCCCCCCCCCCCCCCCCCCCCCCCCCCC/C=C\CCCCCCCCCC)COP(=O)([O-])OCC[N+](C)(C)C. The summed E-state index contributed by atoms with van der Waals surface area (Å²) in [5, 5.41) is 0. The third-order valence-corrected chi connectivity index (χ3v) is 20.6. The Bertz CT molecular complexity index is 1710. The van der Waals surface area contributed by atoms with E-state index in [0.717, 1.165) is 38.5 Å². The van der Waals surface area contributed by atoms with Gasteiger partial charge in [0.15, 0.2) is 6.10 Å². The minimum atomic E-state index is -4.64. The molecule has 0 fully saturated rings. The van der Waals surface area contributed by atoms with Crippen LogP contribution in [0.5, 0.6) is 0 Å². The van der Waals surface area contributed by atoms with E-state index in [1.54, 1.807) is 0 Å². The van der Waals surface area contributed by atoms with E-state index < -0.39 is 26.5 Å². The number of phosphoric ester groups is 1. The average Bonchev–Trinajstić information content (AvgIpc) is 1.97. The molecule has 0 aliphatic rings. The fraction of sp³-hybridized carbons (Fsp3) is 0.907. The van der Waals surface area contributed by atoms with Crippen molar-refractivity contribution in [3.63, 3.8) is 0 Å². The van der Waals surface area contributed by atoms with E-state index in [0.29, 0.717) is 17.4 Å². The van der Waals surface area contributed by atoms with E-state index in [4.69, 9.17) is 18.5 Å². The maximum absolute atomic E-state index is 12.9. The maximum atomic E-state index is 12.9. The second kappa shape index (κ2) is 77.4. The molecule has 0 aromatic carbocycles. The zero-order valence-electron chi connectivity index (χ0n) is 65.1. The van der Waals surface area contributed by atoms with Crippen LogP contribution >= 0.6 is 7.82 Å². The number of ether oxygens (including phenoxy) is 2. The van der Waals surface area contributed by atoms with Gasteiger partial charge in [-0.05, 0) is 70.6 Å². The highest BCUT2D eigenvalue weighted by molar-refractivity contribution is 7.45. The molecule has 2 unspecified atom stereocenters. The molecular weight excluding hydrogens is 1210 g/mol. The molecule has 10 heteroatoms. The second-order valence-electron chi connectivity index (χ2n) is 30.5. The summed E-state index contributed by atoms with van der Waals surface area (Å²) in [6.07, 6.45) is 102. The number of hydrogen-bond donors (Lipinski definition) is 0. The van der Waals surface area contributed by atoms with Crippen LogP contribution in [0.25, 0.3) is 0 Å². The van der Waals surface area contributed by atoms with Gasteiger partial charge in [0, 0.05) is 12.8 Å². The van der Waals surface area contributed by atoms with Gasteiger partial charge in [0.05, 0.1) is 27.7 Å². The smallest absolute Gasteiger partial charge is 0.306 e. The van der Waals surface area contributed by atoms with Crippen LogP contribution in [-0.4, -0.2) is 70.0 Å². The van der Waals surface area contributed by atoms with Crippen molar-refractivity contribution in [3.8, 4) is 0 Å². The summed E-state index contributed by atoms with van der Waals surface area (Å²) >= 11 is 0. The zero-order valence-corrected chi connectivity index (χ0v) is 66.0. The molecule has 0 saturated heterocycles. The predicted molar refractivity (Wildman–Crippen MR) is 416 cm³/mol. The van der Waals surface area contributed by atoms with Gasteiger partial charge in [0.25, 0.3) is 7.82 Å². The molecular formula is C86H166NO8P. The van der Waals surface area contributed by atoms with E-state index in [1.165, 1.54) is 379 Å². The van der Waals surface area contributed by atoms with Crippen LogP contribution in [0.3, 0.4) is 0 Å². The van der Waals surface area contributed by atoms with Gasteiger partial charge in [-0.3, -0.25) is 14.2 Å². The lowest BCUT2D eigenvalue weighted by Crippen LogP contribution is -2.37. The van der Waals surface area contributed by atoms with Crippen molar-refractivity contribution in [3.05, 3.63) is 36.5 Å². The van der Waals surface area contributed by atoms with Crippen LogP contribution in [0.15, 0.2) is 36.5 Å². The number of nitrogens with zero attached hydrogens (tertiary/aromatic N) is 1. The molecule has 0 heterocycles. The highest BCUT2D eigenvalue weighted by Gasteiger charge is 2.22. The van der Waals surface area contributed by atoms with E-state index >= 15 is 0 Å². The van der Waals surface area contributed by atoms with Crippen molar-refractivity contribution >= 4 is 19.8 Å². The number of carbonyl (C=O) groups is 2. The lowest BCUT2D eigenvalue weighted by molar-refractivity contribution is -0.870. The van der Waals surface area contributed by atoms with Crippen LogP contribution in [0.1, 0.15) is 450 Å². The molecule has 0 aliphatic carbocycles. The molecule has 0 bridgehead atoms. The first-order valence-electron chi connectivity index (χ1n) is 42.7. The number of rotatable bonds is 81. The Kier molecular flexibility index (Phi) is 76.0. The van der Waals surface area contributed by atoms with Gasteiger partial charge in [0.2, 0.25) is 0 Å². The summed E-state index contributed by atoms with van der Waals surface area (Å²) in [7, 11) is 1.19. The number of hydrogen-bond acceptors (Lipinski definition) is 8. The molecule has 0 amide bonds. The minimum Gasteiger partial charge on any atom is -0.756 e. The quantitative estimate of drug-likeness (QED) is 0.0195. The van der Waals surface area contributed by atoms with Gasteiger partial charge < -0.3 is 27.9 Å². The number of unbranched alkanes of at least 4 members (excludes halogenated alkanes) is 61. The fourth-order valence-corrected chi connectivity index (χ4v) is 13.8.